The van der Waals surface area contributed by atoms with E-state index < -0.39 is 0 Å². The Morgan fingerprint density at radius 1 is 1.29 bits per heavy atom. The van der Waals surface area contributed by atoms with Gasteiger partial charge in [0, 0.05) is 23.6 Å². The topological polar surface area (TPSA) is 84.8 Å². The quantitative estimate of drug-likeness (QED) is 0.792. The first-order valence-electron chi connectivity index (χ1n) is 4.96. The average molecular weight is 226 g/mol. The number of anilines is 1. The van der Waals surface area contributed by atoms with E-state index in [9.17, 15) is 0 Å². The van der Waals surface area contributed by atoms with Crippen molar-refractivity contribution in [2.45, 2.75) is 6.92 Å². The van der Waals surface area contributed by atoms with Crippen molar-refractivity contribution in [1.29, 1.82) is 5.26 Å². The first kappa shape index (κ1) is 10.9. The number of nitrogens with two attached hydrogens (primary N) is 1. The lowest BCUT2D eigenvalue weighted by Crippen LogP contribution is -1.97. The van der Waals surface area contributed by atoms with Crippen molar-refractivity contribution in [2.24, 2.45) is 0 Å². The molecule has 0 radical (unpaired) electrons. The van der Waals surface area contributed by atoms with Crippen LogP contribution in [0.15, 0.2) is 30.6 Å². The Morgan fingerprint density at radius 3 is 2.82 bits per heavy atom. The van der Waals surface area contributed by atoms with Gasteiger partial charge in [-0.05, 0) is 19.1 Å². The molecule has 0 aliphatic rings. The van der Waals surface area contributed by atoms with Gasteiger partial charge in [0.15, 0.2) is 0 Å². The second-order valence-electron chi connectivity index (χ2n) is 3.39. The third-order valence-corrected chi connectivity index (χ3v) is 2.30. The predicted molar refractivity (Wildman–Crippen MR) is 62.4 cm³/mol. The lowest BCUT2D eigenvalue weighted by molar-refractivity contribution is 0.455. The Hall–Kier alpha value is -2.61. The molecular formula is C12H10N4O. The van der Waals surface area contributed by atoms with Crippen molar-refractivity contribution in [3.8, 4) is 17.7 Å². The van der Waals surface area contributed by atoms with Gasteiger partial charge in [-0.15, -0.1) is 0 Å². The van der Waals surface area contributed by atoms with E-state index in [-0.39, 0.29) is 11.6 Å². The summed E-state index contributed by atoms with van der Waals surface area (Å²) >= 11 is 0. The predicted octanol–water partition coefficient (Wildman–Crippen LogP) is 2.03. The molecule has 17 heavy (non-hydrogen) atoms. The smallest absolute Gasteiger partial charge is 0.256 e. The van der Waals surface area contributed by atoms with Crippen molar-refractivity contribution in [2.75, 3.05) is 5.73 Å². The van der Waals surface area contributed by atoms with Crippen molar-refractivity contribution in [3.63, 3.8) is 0 Å². The fourth-order valence-electron chi connectivity index (χ4n) is 1.32. The number of benzene rings is 1. The van der Waals surface area contributed by atoms with Gasteiger partial charge in [0.25, 0.3) is 5.88 Å². The highest BCUT2D eigenvalue weighted by Crippen LogP contribution is 2.27. The average Bonchev–Trinajstić information content (AvgIpc) is 2.35. The molecule has 5 nitrogen and oxygen atoms in total. The maximum atomic E-state index is 8.86. The summed E-state index contributed by atoms with van der Waals surface area (Å²) in [5.41, 5.74) is 7.35. The molecular weight excluding hydrogens is 216 g/mol. The normalized spacial score (nSPS) is 9.65. The minimum atomic E-state index is 0.148. The van der Waals surface area contributed by atoms with E-state index in [0.29, 0.717) is 11.4 Å². The SMILES string of the molecule is Cc1c(N)cccc1Oc1nccnc1C#N. The summed E-state index contributed by atoms with van der Waals surface area (Å²) in [6.45, 7) is 1.84. The lowest BCUT2D eigenvalue weighted by Gasteiger charge is -2.09. The first-order valence-corrected chi connectivity index (χ1v) is 4.96. The molecule has 0 saturated carbocycles. The van der Waals surface area contributed by atoms with E-state index in [1.807, 2.05) is 13.0 Å². The zero-order valence-corrected chi connectivity index (χ0v) is 9.21. The van der Waals surface area contributed by atoms with Crippen LogP contribution < -0.4 is 10.5 Å². The third kappa shape index (κ3) is 2.16. The van der Waals surface area contributed by atoms with E-state index in [4.69, 9.17) is 15.7 Å². The number of hydrogen-bond acceptors (Lipinski definition) is 5. The number of nitrogen functional groups attached to an aromatic ring is 1. The molecule has 0 fully saturated rings. The molecule has 0 spiro atoms. The third-order valence-electron chi connectivity index (χ3n) is 2.30. The Kier molecular flexibility index (Phi) is 2.88. The standard InChI is InChI=1S/C12H10N4O/c1-8-9(14)3-2-4-11(8)17-12-10(7-13)15-5-6-16-12/h2-6H,14H2,1H3. The molecule has 0 bridgehead atoms. The van der Waals surface area contributed by atoms with Gasteiger partial charge in [-0.3, -0.25) is 0 Å². The molecule has 2 N–H and O–H groups in total. The van der Waals surface area contributed by atoms with Crippen molar-refractivity contribution in [3.05, 3.63) is 41.9 Å². The minimum absolute atomic E-state index is 0.148. The molecule has 2 rings (SSSR count). The van der Waals surface area contributed by atoms with E-state index in [1.165, 1.54) is 12.4 Å². The Bertz CT molecular complexity index is 589. The molecule has 5 heteroatoms. The highest BCUT2D eigenvalue weighted by atomic mass is 16.5. The number of rotatable bonds is 2. The Morgan fingerprint density at radius 2 is 2.06 bits per heavy atom. The number of hydrogen-bond donors (Lipinski definition) is 1. The second kappa shape index (κ2) is 4.49. The molecule has 0 aliphatic carbocycles. The van der Waals surface area contributed by atoms with Crippen LogP contribution in [0.1, 0.15) is 11.3 Å². The Labute approximate surface area is 98.5 Å². The van der Waals surface area contributed by atoms with Gasteiger partial charge < -0.3 is 10.5 Å². The summed E-state index contributed by atoms with van der Waals surface area (Å²) in [6, 6.07) is 7.25. The summed E-state index contributed by atoms with van der Waals surface area (Å²) in [6.07, 6.45) is 2.91. The highest BCUT2D eigenvalue weighted by Gasteiger charge is 2.09. The molecule has 1 aromatic heterocycles. The molecule has 84 valence electrons. The summed E-state index contributed by atoms with van der Waals surface area (Å²) < 4.78 is 5.54. The molecule has 0 aliphatic heterocycles. The summed E-state index contributed by atoms with van der Waals surface area (Å²) in [5, 5.41) is 8.86. The fourth-order valence-corrected chi connectivity index (χ4v) is 1.32. The number of aromatic nitrogens is 2. The second-order valence-corrected chi connectivity index (χ2v) is 3.39. The molecule has 1 heterocycles. The monoisotopic (exact) mass is 226 g/mol. The maximum absolute atomic E-state index is 8.86. The van der Waals surface area contributed by atoms with Crippen LogP contribution in [0.5, 0.6) is 11.6 Å². The number of nitrogens with zero attached hydrogens (tertiary/aromatic N) is 3. The zero-order chi connectivity index (χ0) is 12.3. The summed E-state index contributed by atoms with van der Waals surface area (Å²) in [7, 11) is 0. The molecule has 0 unspecified atom stereocenters. The molecule has 0 amide bonds. The van der Waals surface area contributed by atoms with Crippen LogP contribution in [0.25, 0.3) is 0 Å². The van der Waals surface area contributed by atoms with Gasteiger partial charge in [0.1, 0.15) is 11.8 Å². The van der Waals surface area contributed by atoms with Gasteiger partial charge in [-0.2, -0.15) is 5.26 Å². The maximum Gasteiger partial charge on any atom is 0.256 e. The van der Waals surface area contributed by atoms with Crippen LogP contribution in [0.4, 0.5) is 5.69 Å². The largest absolute Gasteiger partial charge is 0.436 e. The summed E-state index contributed by atoms with van der Waals surface area (Å²) in [4.78, 5) is 7.83. The van der Waals surface area contributed by atoms with Crippen LogP contribution >= 0.6 is 0 Å². The number of ether oxygens (including phenoxy) is 1. The molecule has 1 aromatic carbocycles. The van der Waals surface area contributed by atoms with Crippen LogP contribution in [0.3, 0.4) is 0 Å². The van der Waals surface area contributed by atoms with Crippen LogP contribution in [-0.4, -0.2) is 9.97 Å². The van der Waals surface area contributed by atoms with Crippen LogP contribution in [0.2, 0.25) is 0 Å². The highest BCUT2D eigenvalue weighted by molar-refractivity contribution is 5.54. The molecule has 2 aromatic rings. The first-order chi connectivity index (χ1) is 8.22. The summed E-state index contributed by atoms with van der Waals surface area (Å²) in [5.74, 6) is 0.755. The van der Waals surface area contributed by atoms with Crippen LogP contribution in [-0.2, 0) is 0 Å². The minimum Gasteiger partial charge on any atom is -0.436 e. The molecule has 0 atom stereocenters. The number of nitriles is 1. The van der Waals surface area contributed by atoms with Crippen LogP contribution in [0, 0.1) is 18.3 Å². The van der Waals surface area contributed by atoms with Crippen molar-refractivity contribution < 1.29 is 4.74 Å². The van der Waals surface area contributed by atoms with Gasteiger partial charge in [0.05, 0.1) is 0 Å². The van der Waals surface area contributed by atoms with Gasteiger partial charge in [-0.1, -0.05) is 6.07 Å². The van der Waals surface area contributed by atoms with E-state index in [0.717, 1.165) is 5.56 Å². The zero-order valence-electron chi connectivity index (χ0n) is 9.21. The fraction of sp³-hybridized carbons (Fsp3) is 0.0833. The van der Waals surface area contributed by atoms with E-state index in [2.05, 4.69) is 9.97 Å². The molecule has 0 saturated heterocycles. The van der Waals surface area contributed by atoms with E-state index in [1.54, 1.807) is 18.2 Å². The van der Waals surface area contributed by atoms with Gasteiger partial charge in [0.2, 0.25) is 5.69 Å². The van der Waals surface area contributed by atoms with Gasteiger partial charge >= 0.3 is 0 Å². The van der Waals surface area contributed by atoms with Crippen molar-refractivity contribution in [1.82, 2.24) is 9.97 Å². The van der Waals surface area contributed by atoms with Gasteiger partial charge in [-0.25, -0.2) is 9.97 Å². The van der Waals surface area contributed by atoms with Crippen molar-refractivity contribution >= 4 is 5.69 Å². The van der Waals surface area contributed by atoms with E-state index >= 15 is 0 Å². The lowest BCUT2D eigenvalue weighted by atomic mass is 10.2. The Balaban J connectivity index is 2.39.